The van der Waals surface area contributed by atoms with Crippen LogP contribution < -0.4 is 4.83 Å². The molecule has 0 spiro atoms. The minimum Gasteiger partial charge on any atom is -0.481 e. The highest BCUT2D eigenvalue weighted by Crippen LogP contribution is 2.10. The van der Waals surface area contributed by atoms with Crippen molar-refractivity contribution in [2.45, 2.75) is 17.7 Å². The molecule has 2 rings (SSSR count). The zero-order valence-corrected chi connectivity index (χ0v) is 13.0. The largest absolute Gasteiger partial charge is 0.481 e. The monoisotopic (exact) mass is 332 g/mol. The van der Waals surface area contributed by atoms with Gasteiger partial charge in [0.15, 0.2) is 0 Å². The molecule has 0 aliphatic heterocycles. The fourth-order valence-electron chi connectivity index (χ4n) is 1.89. The van der Waals surface area contributed by atoms with Crippen LogP contribution in [0.25, 0.3) is 0 Å². The maximum Gasteiger partial charge on any atom is 0.303 e. The van der Waals surface area contributed by atoms with E-state index in [-0.39, 0.29) is 17.7 Å². The lowest BCUT2D eigenvalue weighted by molar-refractivity contribution is -0.136. The second-order valence-corrected chi connectivity index (χ2v) is 6.39. The van der Waals surface area contributed by atoms with Crippen LogP contribution in [0.1, 0.15) is 18.4 Å². The number of aliphatic carboxylic acids is 1. The van der Waals surface area contributed by atoms with Crippen LogP contribution in [0.3, 0.4) is 0 Å². The molecule has 23 heavy (non-hydrogen) atoms. The number of sulfonamides is 1. The molecule has 0 bridgehead atoms. The zero-order valence-electron chi connectivity index (χ0n) is 12.2. The summed E-state index contributed by atoms with van der Waals surface area (Å²) in [6, 6.07) is 16.7. The van der Waals surface area contributed by atoms with Crippen molar-refractivity contribution < 1.29 is 18.3 Å². The summed E-state index contributed by atoms with van der Waals surface area (Å²) in [5.41, 5.74) is 1.04. The van der Waals surface area contributed by atoms with Gasteiger partial charge in [0.05, 0.1) is 17.0 Å². The maximum absolute atomic E-state index is 12.2. The minimum absolute atomic E-state index is 0.0920. The van der Waals surface area contributed by atoms with E-state index in [1.807, 2.05) is 6.07 Å². The van der Waals surface area contributed by atoms with Gasteiger partial charge in [-0.25, -0.2) is 0 Å². The Morgan fingerprint density at radius 2 is 1.52 bits per heavy atom. The van der Waals surface area contributed by atoms with Gasteiger partial charge in [0, 0.05) is 6.42 Å². The van der Waals surface area contributed by atoms with Crippen molar-refractivity contribution in [3.8, 4) is 0 Å². The molecule has 2 aromatic carbocycles. The van der Waals surface area contributed by atoms with Crippen molar-refractivity contribution in [1.82, 2.24) is 4.83 Å². The van der Waals surface area contributed by atoms with E-state index in [0.717, 1.165) is 0 Å². The topological polar surface area (TPSA) is 95.8 Å². The van der Waals surface area contributed by atoms with Crippen molar-refractivity contribution in [3.05, 3.63) is 66.2 Å². The van der Waals surface area contributed by atoms with E-state index in [0.29, 0.717) is 11.3 Å². The molecule has 0 heterocycles. The van der Waals surface area contributed by atoms with E-state index >= 15 is 0 Å². The van der Waals surface area contributed by atoms with Gasteiger partial charge in [-0.1, -0.05) is 48.5 Å². The van der Waals surface area contributed by atoms with E-state index < -0.39 is 16.0 Å². The second kappa shape index (κ2) is 7.55. The Kier molecular flexibility index (Phi) is 5.48. The van der Waals surface area contributed by atoms with E-state index in [1.165, 1.54) is 12.1 Å². The van der Waals surface area contributed by atoms with E-state index in [1.54, 1.807) is 42.5 Å². The molecule has 0 saturated carbocycles. The van der Waals surface area contributed by atoms with Gasteiger partial charge < -0.3 is 5.11 Å². The molecule has 120 valence electrons. The Bertz CT molecular complexity index is 787. The summed E-state index contributed by atoms with van der Waals surface area (Å²) in [6.07, 6.45) is -0.0164. The number of carboxylic acid groups (broad SMARTS) is 1. The minimum atomic E-state index is -3.79. The molecule has 6 nitrogen and oxygen atoms in total. The van der Waals surface area contributed by atoms with E-state index in [9.17, 15) is 13.2 Å². The molecule has 2 N–H and O–H groups in total. The number of benzene rings is 2. The molecule has 0 unspecified atom stereocenters. The first-order valence-corrected chi connectivity index (χ1v) is 8.38. The lowest BCUT2D eigenvalue weighted by atomic mass is 10.1. The van der Waals surface area contributed by atoms with Crippen molar-refractivity contribution >= 4 is 21.7 Å². The lowest BCUT2D eigenvalue weighted by Gasteiger charge is -2.08. The second-order valence-electron chi connectivity index (χ2n) is 4.73. The van der Waals surface area contributed by atoms with Gasteiger partial charge in [0.1, 0.15) is 0 Å². The third kappa shape index (κ3) is 4.93. The highest BCUT2D eigenvalue weighted by molar-refractivity contribution is 7.89. The van der Waals surface area contributed by atoms with Crippen LogP contribution in [0.5, 0.6) is 0 Å². The molecule has 0 fully saturated rings. The number of carboxylic acids is 1. The van der Waals surface area contributed by atoms with Gasteiger partial charge in [-0.2, -0.15) is 18.4 Å². The van der Waals surface area contributed by atoms with Crippen molar-refractivity contribution in [2.75, 3.05) is 0 Å². The SMILES string of the molecule is O=C(O)CC/C(=N/NS(=O)(=O)c1ccccc1)c1ccccc1. The molecular weight excluding hydrogens is 316 g/mol. The van der Waals surface area contributed by atoms with E-state index in [4.69, 9.17) is 5.11 Å². The molecule has 0 aliphatic carbocycles. The zero-order chi connectivity index (χ0) is 16.7. The third-order valence-electron chi connectivity index (χ3n) is 3.04. The number of hydrogen-bond donors (Lipinski definition) is 2. The van der Waals surface area contributed by atoms with Gasteiger partial charge in [-0.05, 0) is 17.7 Å². The van der Waals surface area contributed by atoms with Crippen LogP contribution in [0.2, 0.25) is 0 Å². The molecule has 0 aliphatic rings. The molecule has 0 aromatic heterocycles. The molecule has 0 radical (unpaired) electrons. The lowest BCUT2D eigenvalue weighted by Crippen LogP contribution is -2.21. The quantitative estimate of drug-likeness (QED) is 0.600. The number of carbonyl (C=O) groups is 1. The average molecular weight is 332 g/mol. The van der Waals surface area contributed by atoms with Gasteiger partial charge >= 0.3 is 5.97 Å². The van der Waals surface area contributed by atoms with Crippen molar-refractivity contribution in [1.29, 1.82) is 0 Å². The van der Waals surface area contributed by atoms with Gasteiger partial charge in [0.2, 0.25) is 0 Å². The first-order valence-electron chi connectivity index (χ1n) is 6.90. The van der Waals surface area contributed by atoms with Crippen LogP contribution in [0.4, 0.5) is 0 Å². The van der Waals surface area contributed by atoms with Crippen LogP contribution >= 0.6 is 0 Å². The summed E-state index contributed by atoms with van der Waals surface area (Å²) in [7, 11) is -3.79. The molecular formula is C16H16N2O4S. The Morgan fingerprint density at radius 1 is 0.957 bits per heavy atom. The number of hydrazone groups is 1. The smallest absolute Gasteiger partial charge is 0.303 e. The molecule has 0 atom stereocenters. The Morgan fingerprint density at radius 3 is 2.09 bits per heavy atom. The number of hydrogen-bond acceptors (Lipinski definition) is 4. The predicted octanol–water partition coefficient (Wildman–Crippen LogP) is 2.23. The molecule has 0 amide bonds. The van der Waals surface area contributed by atoms with Crippen LogP contribution in [-0.2, 0) is 14.8 Å². The first kappa shape index (κ1) is 16.7. The summed E-state index contributed by atoms with van der Waals surface area (Å²) in [6.45, 7) is 0. The molecule has 2 aromatic rings. The predicted molar refractivity (Wildman–Crippen MR) is 86.6 cm³/mol. The fraction of sp³-hybridized carbons (Fsp3) is 0.125. The van der Waals surface area contributed by atoms with Crippen LogP contribution in [-0.4, -0.2) is 25.2 Å². The number of nitrogens with zero attached hydrogens (tertiary/aromatic N) is 1. The summed E-state index contributed by atoms with van der Waals surface area (Å²) in [5.74, 6) is -0.973. The van der Waals surface area contributed by atoms with Crippen molar-refractivity contribution in [3.63, 3.8) is 0 Å². The van der Waals surface area contributed by atoms with Gasteiger partial charge in [-0.15, -0.1) is 0 Å². The summed E-state index contributed by atoms with van der Waals surface area (Å²) < 4.78 is 24.3. The Labute approximate surface area is 134 Å². The molecule has 0 saturated heterocycles. The normalized spacial score (nSPS) is 11.9. The first-order chi connectivity index (χ1) is 11.0. The van der Waals surface area contributed by atoms with Crippen LogP contribution in [0, 0.1) is 0 Å². The third-order valence-corrected chi connectivity index (χ3v) is 4.26. The Balaban J connectivity index is 2.25. The summed E-state index contributed by atoms with van der Waals surface area (Å²) in [4.78, 5) is 13.0. The van der Waals surface area contributed by atoms with Gasteiger partial charge in [0.25, 0.3) is 10.0 Å². The number of rotatable bonds is 7. The van der Waals surface area contributed by atoms with Gasteiger partial charge in [-0.3, -0.25) is 4.79 Å². The summed E-state index contributed by atoms with van der Waals surface area (Å²) in [5, 5.41) is 12.8. The highest BCUT2D eigenvalue weighted by Gasteiger charge is 2.13. The van der Waals surface area contributed by atoms with Crippen molar-refractivity contribution in [2.24, 2.45) is 5.10 Å². The maximum atomic E-state index is 12.2. The number of nitrogens with one attached hydrogen (secondary N) is 1. The van der Waals surface area contributed by atoms with E-state index in [2.05, 4.69) is 9.93 Å². The fourth-order valence-corrected chi connectivity index (χ4v) is 2.74. The highest BCUT2D eigenvalue weighted by atomic mass is 32.2. The Hall–Kier alpha value is -2.67. The summed E-state index contributed by atoms with van der Waals surface area (Å²) >= 11 is 0. The standard InChI is InChI=1S/C16H16N2O4S/c19-16(20)12-11-15(13-7-3-1-4-8-13)17-18-23(21,22)14-9-5-2-6-10-14/h1-10,18H,11-12H2,(H,19,20)/b17-15-. The van der Waals surface area contributed by atoms with Crippen LogP contribution in [0.15, 0.2) is 70.7 Å². The average Bonchev–Trinajstić information content (AvgIpc) is 2.56. The molecule has 7 heteroatoms.